The zero-order chi connectivity index (χ0) is 25.3. The smallest absolute Gasteiger partial charge is 0.261 e. The number of carbonyl (C=O) groups is 2. The van der Waals surface area contributed by atoms with Gasteiger partial charge in [0, 0.05) is 23.5 Å². The predicted octanol–water partition coefficient (Wildman–Crippen LogP) is 5.67. The Hall–Kier alpha value is -3.19. The molecule has 0 bridgehead atoms. The van der Waals surface area contributed by atoms with Crippen molar-refractivity contribution in [2.75, 3.05) is 6.61 Å². The summed E-state index contributed by atoms with van der Waals surface area (Å²) in [5.74, 6) is -1.10. The fourth-order valence-electron chi connectivity index (χ4n) is 4.54. The number of nitrogens with one attached hydrogen (secondary N) is 1. The Kier molecular flexibility index (Phi) is 9.11. The molecule has 1 atom stereocenters. The maximum Gasteiger partial charge on any atom is 0.261 e. The van der Waals surface area contributed by atoms with Crippen molar-refractivity contribution in [3.8, 4) is 5.75 Å². The van der Waals surface area contributed by atoms with Gasteiger partial charge < -0.3 is 15.0 Å². The Morgan fingerprint density at radius 2 is 1.67 bits per heavy atom. The Bertz CT molecular complexity index is 1170. The second-order valence-corrected chi connectivity index (χ2v) is 9.98. The van der Waals surface area contributed by atoms with E-state index in [1.807, 2.05) is 54.6 Å². The molecule has 1 aliphatic rings. The zero-order valence-electron chi connectivity index (χ0n) is 20.0. The van der Waals surface area contributed by atoms with E-state index in [1.54, 1.807) is 17.0 Å². The minimum absolute atomic E-state index is 0.00303. The van der Waals surface area contributed by atoms with Gasteiger partial charge in [0.15, 0.2) is 18.2 Å². The van der Waals surface area contributed by atoms with E-state index in [4.69, 9.17) is 4.74 Å². The lowest BCUT2D eigenvalue weighted by Gasteiger charge is -2.32. The molecule has 0 spiro atoms. The second-order valence-electron chi connectivity index (χ2n) is 9.07. The fourth-order valence-corrected chi connectivity index (χ4v) is 4.98. The highest BCUT2D eigenvalue weighted by molar-refractivity contribution is 9.10. The molecule has 3 aromatic carbocycles. The summed E-state index contributed by atoms with van der Waals surface area (Å²) in [5.41, 5.74) is 1.82. The summed E-state index contributed by atoms with van der Waals surface area (Å²) in [6.45, 7) is -0.161. The molecular formula is C29H30BrFN2O3. The Morgan fingerprint density at radius 3 is 2.39 bits per heavy atom. The van der Waals surface area contributed by atoms with Crippen LogP contribution in [0.1, 0.15) is 36.8 Å². The molecule has 1 N–H and O–H groups in total. The number of amides is 2. The van der Waals surface area contributed by atoms with Crippen molar-refractivity contribution >= 4 is 27.7 Å². The molecule has 0 heterocycles. The summed E-state index contributed by atoms with van der Waals surface area (Å²) >= 11 is 3.49. The third kappa shape index (κ3) is 7.17. The first-order valence-electron chi connectivity index (χ1n) is 12.2. The minimum Gasteiger partial charge on any atom is -0.481 e. The van der Waals surface area contributed by atoms with Crippen LogP contribution >= 0.6 is 15.9 Å². The first kappa shape index (κ1) is 25.9. The molecular weight excluding hydrogens is 523 g/mol. The Balaban J connectivity index is 1.62. The third-order valence-corrected chi connectivity index (χ3v) is 6.90. The van der Waals surface area contributed by atoms with E-state index in [0.29, 0.717) is 6.42 Å². The summed E-state index contributed by atoms with van der Waals surface area (Å²) < 4.78 is 20.5. The molecule has 1 fully saturated rings. The van der Waals surface area contributed by atoms with Gasteiger partial charge in [0.1, 0.15) is 6.04 Å². The lowest BCUT2D eigenvalue weighted by atomic mass is 10.0. The molecule has 3 aromatic rings. The molecule has 36 heavy (non-hydrogen) atoms. The fraction of sp³-hybridized carbons (Fsp3) is 0.310. The van der Waals surface area contributed by atoms with Gasteiger partial charge in [-0.2, -0.15) is 0 Å². The molecule has 4 rings (SSSR count). The van der Waals surface area contributed by atoms with Crippen LogP contribution in [-0.2, 0) is 22.6 Å². The van der Waals surface area contributed by atoms with Crippen molar-refractivity contribution in [1.29, 1.82) is 0 Å². The number of hydrogen-bond acceptors (Lipinski definition) is 3. The van der Waals surface area contributed by atoms with Gasteiger partial charge in [-0.25, -0.2) is 4.39 Å². The highest BCUT2D eigenvalue weighted by atomic mass is 79.9. The first-order valence-corrected chi connectivity index (χ1v) is 13.0. The van der Waals surface area contributed by atoms with Crippen molar-refractivity contribution in [3.05, 3.63) is 100 Å². The SMILES string of the molecule is O=C(NC1CCCC1)C(Cc1ccccc1)N(Cc1cccc(Br)c1)C(=O)COc1ccccc1F. The van der Waals surface area contributed by atoms with E-state index in [1.165, 1.54) is 12.1 Å². The molecule has 1 aliphatic carbocycles. The number of ether oxygens (including phenoxy) is 1. The maximum absolute atomic E-state index is 14.1. The third-order valence-electron chi connectivity index (χ3n) is 6.40. The average Bonchev–Trinajstić information content (AvgIpc) is 3.39. The summed E-state index contributed by atoms with van der Waals surface area (Å²) in [6, 6.07) is 22.6. The summed E-state index contributed by atoms with van der Waals surface area (Å²) in [6.07, 6.45) is 4.43. The van der Waals surface area contributed by atoms with Crippen molar-refractivity contribution in [1.82, 2.24) is 10.2 Å². The van der Waals surface area contributed by atoms with Crippen LogP contribution in [0.25, 0.3) is 0 Å². The van der Waals surface area contributed by atoms with Gasteiger partial charge in [0.25, 0.3) is 5.91 Å². The molecule has 0 aromatic heterocycles. The topological polar surface area (TPSA) is 58.6 Å². The number of halogens is 2. The molecule has 7 heteroatoms. The van der Waals surface area contributed by atoms with Gasteiger partial charge in [0.2, 0.25) is 5.91 Å². The number of para-hydroxylation sites is 1. The number of rotatable bonds is 10. The first-order chi connectivity index (χ1) is 17.5. The van der Waals surface area contributed by atoms with Crippen LogP contribution in [0.4, 0.5) is 4.39 Å². The molecule has 0 saturated heterocycles. The van der Waals surface area contributed by atoms with Crippen LogP contribution in [0.3, 0.4) is 0 Å². The minimum atomic E-state index is -0.747. The van der Waals surface area contributed by atoms with Crippen molar-refractivity contribution in [2.45, 2.75) is 50.7 Å². The maximum atomic E-state index is 14.1. The average molecular weight is 553 g/mol. The van der Waals surface area contributed by atoms with E-state index in [2.05, 4.69) is 21.2 Å². The highest BCUT2D eigenvalue weighted by Gasteiger charge is 2.32. The molecule has 1 saturated carbocycles. The van der Waals surface area contributed by atoms with Crippen molar-refractivity contribution < 1.29 is 18.7 Å². The predicted molar refractivity (Wildman–Crippen MR) is 141 cm³/mol. The van der Waals surface area contributed by atoms with E-state index in [-0.39, 0.29) is 36.8 Å². The molecule has 0 radical (unpaired) electrons. The summed E-state index contributed by atoms with van der Waals surface area (Å²) in [4.78, 5) is 28.8. The van der Waals surface area contributed by atoms with E-state index in [9.17, 15) is 14.0 Å². The standard InChI is InChI=1S/C29H30BrFN2O3/c30-23-12-8-11-22(17-23)19-33(28(34)20-36-27-16-7-6-15-25(27)31)26(18-21-9-2-1-3-10-21)29(35)32-24-13-4-5-14-24/h1-3,6-12,15-17,24,26H,4-5,13-14,18-20H2,(H,32,35). The number of nitrogens with zero attached hydrogens (tertiary/aromatic N) is 1. The normalized spacial score (nSPS) is 14.3. The molecule has 188 valence electrons. The van der Waals surface area contributed by atoms with Crippen LogP contribution in [-0.4, -0.2) is 35.4 Å². The molecule has 1 unspecified atom stereocenters. The van der Waals surface area contributed by atoms with Gasteiger partial charge in [-0.05, 0) is 48.2 Å². The van der Waals surface area contributed by atoms with Crippen LogP contribution < -0.4 is 10.1 Å². The number of carbonyl (C=O) groups excluding carboxylic acids is 2. The summed E-state index contributed by atoms with van der Waals surface area (Å²) in [7, 11) is 0. The largest absolute Gasteiger partial charge is 0.481 e. The Morgan fingerprint density at radius 1 is 0.972 bits per heavy atom. The lowest BCUT2D eigenvalue weighted by Crippen LogP contribution is -2.53. The van der Waals surface area contributed by atoms with Crippen LogP contribution in [0.15, 0.2) is 83.3 Å². The van der Waals surface area contributed by atoms with Gasteiger partial charge in [0.05, 0.1) is 0 Å². The highest BCUT2D eigenvalue weighted by Crippen LogP contribution is 2.22. The molecule has 2 amide bonds. The van der Waals surface area contributed by atoms with Crippen LogP contribution in [0.5, 0.6) is 5.75 Å². The second kappa shape index (κ2) is 12.7. The van der Waals surface area contributed by atoms with Crippen molar-refractivity contribution in [2.24, 2.45) is 0 Å². The lowest BCUT2D eigenvalue weighted by molar-refractivity contribution is -0.143. The molecule has 5 nitrogen and oxygen atoms in total. The van der Waals surface area contributed by atoms with Crippen molar-refractivity contribution in [3.63, 3.8) is 0 Å². The van der Waals surface area contributed by atoms with Gasteiger partial charge in [-0.3, -0.25) is 9.59 Å². The monoisotopic (exact) mass is 552 g/mol. The van der Waals surface area contributed by atoms with E-state index < -0.39 is 11.9 Å². The quantitative estimate of drug-likeness (QED) is 0.352. The van der Waals surface area contributed by atoms with E-state index >= 15 is 0 Å². The van der Waals surface area contributed by atoms with Crippen LogP contribution in [0.2, 0.25) is 0 Å². The Labute approximate surface area is 219 Å². The molecule has 0 aliphatic heterocycles. The van der Waals surface area contributed by atoms with Crippen LogP contribution in [0, 0.1) is 5.82 Å². The summed E-state index contributed by atoms with van der Waals surface area (Å²) in [5, 5.41) is 3.17. The number of benzene rings is 3. The number of hydrogen-bond donors (Lipinski definition) is 1. The zero-order valence-corrected chi connectivity index (χ0v) is 21.6. The van der Waals surface area contributed by atoms with Gasteiger partial charge in [-0.15, -0.1) is 0 Å². The van der Waals surface area contributed by atoms with Gasteiger partial charge >= 0.3 is 0 Å². The van der Waals surface area contributed by atoms with E-state index in [0.717, 1.165) is 41.3 Å². The van der Waals surface area contributed by atoms with Gasteiger partial charge in [-0.1, -0.05) is 83.4 Å².